The van der Waals surface area contributed by atoms with Gasteiger partial charge in [-0.25, -0.2) is 0 Å². The van der Waals surface area contributed by atoms with Crippen LogP contribution in [-0.2, 0) is 16.0 Å². The van der Waals surface area contributed by atoms with Crippen molar-refractivity contribution in [3.05, 3.63) is 29.8 Å². The third kappa shape index (κ3) is 6.61. The Morgan fingerprint density at radius 2 is 2.00 bits per heavy atom. The quantitative estimate of drug-likeness (QED) is 0.585. The maximum atomic E-state index is 11.1. The van der Waals surface area contributed by atoms with Crippen molar-refractivity contribution < 1.29 is 19.7 Å². The molecule has 1 rings (SSSR count). The van der Waals surface area contributed by atoms with Crippen LogP contribution in [0, 0.1) is 11.8 Å². The average Bonchev–Trinajstić information content (AvgIpc) is 2.51. The van der Waals surface area contributed by atoms with Gasteiger partial charge in [0.1, 0.15) is 12.2 Å². The molecule has 0 spiro atoms. The number of esters is 1. The summed E-state index contributed by atoms with van der Waals surface area (Å²) in [4.78, 5) is 13.1. The molecule has 0 unspecified atom stereocenters. The number of aliphatic hydroxyl groups is 1. The zero-order chi connectivity index (χ0) is 16.4. The van der Waals surface area contributed by atoms with Crippen molar-refractivity contribution in [3.63, 3.8) is 0 Å². The third-order valence-corrected chi connectivity index (χ3v) is 3.23. The molecule has 1 aromatic carbocycles. The maximum Gasteiger partial charge on any atom is 0.317 e. The van der Waals surface area contributed by atoms with Crippen molar-refractivity contribution in [3.8, 4) is 17.6 Å². The van der Waals surface area contributed by atoms with E-state index in [1.54, 1.807) is 19.1 Å². The highest BCUT2D eigenvalue weighted by atomic mass is 16.5. The lowest BCUT2D eigenvalue weighted by atomic mass is 10.1. The number of ether oxygens (including phenoxy) is 1. The SMILES string of the molecule is CCOC(=O)CC#CCN(C)[C@H](CO)Cc1ccc(O)cc1. The minimum absolute atomic E-state index is 0.0108. The van der Waals surface area contributed by atoms with Gasteiger partial charge in [-0.05, 0) is 38.1 Å². The summed E-state index contributed by atoms with van der Waals surface area (Å²) < 4.78 is 4.79. The molecule has 0 amide bonds. The van der Waals surface area contributed by atoms with Gasteiger partial charge in [0.25, 0.3) is 0 Å². The zero-order valence-corrected chi connectivity index (χ0v) is 13.1. The fraction of sp³-hybridized carbons (Fsp3) is 0.471. The van der Waals surface area contributed by atoms with Crippen LogP contribution >= 0.6 is 0 Å². The van der Waals surface area contributed by atoms with Crippen LogP contribution in [0.4, 0.5) is 0 Å². The second kappa shape index (κ2) is 9.82. The van der Waals surface area contributed by atoms with Crippen LogP contribution in [0.5, 0.6) is 5.75 Å². The molecule has 0 aliphatic rings. The minimum Gasteiger partial charge on any atom is -0.508 e. The molecule has 5 nitrogen and oxygen atoms in total. The molecule has 1 atom stereocenters. The first-order valence-electron chi connectivity index (χ1n) is 7.27. The van der Waals surface area contributed by atoms with Crippen LogP contribution < -0.4 is 0 Å². The number of phenols is 1. The largest absolute Gasteiger partial charge is 0.508 e. The number of aliphatic hydroxyl groups excluding tert-OH is 1. The zero-order valence-electron chi connectivity index (χ0n) is 13.1. The van der Waals surface area contributed by atoms with Crippen LogP contribution in [0.3, 0.4) is 0 Å². The van der Waals surface area contributed by atoms with Crippen LogP contribution in [-0.4, -0.2) is 53.9 Å². The van der Waals surface area contributed by atoms with Crippen molar-refractivity contribution in [1.82, 2.24) is 4.90 Å². The van der Waals surface area contributed by atoms with Gasteiger partial charge >= 0.3 is 5.97 Å². The Labute approximate surface area is 131 Å². The van der Waals surface area contributed by atoms with Gasteiger partial charge in [0, 0.05) is 6.04 Å². The lowest BCUT2D eigenvalue weighted by Gasteiger charge is -2.24. The fourth-order valence-corrected chi connectivity index (χ4v) is 1.92. The Morgan fingerprint density at radius 3 is 2.59 bits per heavy atom. The molecule has 120 valence electrons. The van der Waals surface area contributed by atoms with Gasteiger partial charge in [-0.1, -0.05) is 24.0 Å². The molecule has 0 aliphatic carbocycles. The smallest absolute Gasteiger partial charge is 0.317 e. The lowest BCUT2D eigenvalue weighted by Crippen LogP contribution is -2.36. The van der Waals surface area contributed by atoms with E-state index >= 15 is 0 Å². The highest BCUT2D eigenvalue weighted by Crippen LogP contribution is 2.12. The molecule has 0 aromatic heterocycles. The molecule has 0 radical (unpaired) electrons. The van der Waals surface area contributed by atoms with Gasteiger partial charge in [0.05, 0.1) is 19.8 Å². The first kappa shape index (κ1) is 18.0. The third-order valence-electron chi connectivity index (χ3n) is 3.23. The van der Waals surface area contributed by atoms with Crippen molar-refractivity contribution >= 4 is 5.97 Å². The molecule has 0 heterocycles. The van der Waals surface area contributed by atoms with Gasteiger partial charge in [-0.3, -0.25) is 9.69 Å². The van der Waals surface area contributed by atoms with Crippen molar-refractivity contribution in [2.45, 2.75) is 25.8 Å². The molecule has 0 bridgehead atoms. The van der Waals surface area contributed by atoms with E-state index < -0.39 is 0 Å². The summed E-state index contributed by atoms with van der Waals surface area (Å²) in [5, 5.41) is 18.8. The molecule has 0 saturated heterocycles. The number of carbonyl (C=O) groups excluding carboxylic acids is 1. The number of carbonyl (C=O) groups is 1. The lowest BCUT2D eigenvalue weighted by molar-refractivity contribution is -0.141. The fourth-order valence-electron chi connectivity index (χ4n) is 1.92. The second-order valence-electron chi connectivity index (χ2n) is 4.96. The highest BCUT2D eigenvalue weighted by molar-refractivity contribution is 5.72. The van der Waals surface area contributed by atoms with E-state index in [0.29, 0.717) is 19.6 Å². The molecular weight excluding hydrogens is 282 g/mol. The Morgan fingerprint density at radius 1 is 1.32 bits per heavy atom. The Bertz CT molecular complexity index is 516. The number of rotatable bonds is 7. The number of hydrogen-bond acceptors (Lipinski definition) is 5. The molecular formula is C17H23NO4. The maximum absolute atomic E-state index is 11.1. The summed E-state index contributed by atoms with van der Waals surface area (Å²) in [6.45, 7) is 2.59. The monoisotopic (exact) mass is 305 g/mol. The first-order valence-corrected chi connectivity index (χ1v) is 7.27. The van der Waals surface area contributed by atoms with E-state index in [1.807, 2.05) is 24.1 Å². The Balaban J connectivity index is 2.47. The van der Waals surface area contributed by atoms with E-state index in [0.717, 1.165) is 5.56 Å². The first-order chi connectivity index (χ1) is 10.6. The predicted octanol–water partition coefficient (Wildman–Crippen LogP) is 1.18. The molecule has 1 aromatic rings. The van der Waals surface area contributed by atoms with Crippen LogP contribution in [0.25, 0.3) is 0 Å². The predicted molar refractivity (Wildman–Crippen MR) is 84.3 cm³/mol. The van der Waals surface area contributed by atoms with Crippen LogP contribution in [0.2, 0.25) is 0 Å². The summed E-state index contributed by atoms with van der Waals surface area (Å²) in [7, 11) is 1.88. The van der Waals surface area contributed by atoms with Gasteiger partial charge in [-0.2, -0.15) is 0 Å². The topological polar surface area (TPSA) is 70.0 Å². The standard InChI is InChI=1S/C17H23NO4/c1-3-22-17(21)6-4-5-11-18(2)15(13-19)12-14-7-9-16(20)10-8-14/h7-10,15,19-20H,3,6,11-13H2,1-2H3/t15-/m0/s1. The number of phenolic OH excluding ortho intramolecular Hbond substituents is 1. The normalized spacial score (nSPS) is 11.6. The summed E-state index contributed by atoms with van der Waals surface area (Å²) in [5.74, 6) is 5.58. The van der Waals surface area contributed by atoms with Gasteiger partial charge < -0.3 is 14.9 Å². The highest BCUT2D eigenvalue weighted by Gasteiger charge is 2.13. The Hall–Kier alpha value is -2.03. The van der Waals surface area contributed by atoms with Gasteiger partial charge in [0.2, 0.25) is 0 Å². The van der Waals surface area contributed by atoms with E-state index in [1.165, 1.54) is 0 Å². The molecule has 0 fully saturated rings. The molecule has 0 aliphatic heterocycles. The number of nitrogens with zero attached hydrogens (tertiary/aromatic N) is 1. The van der Waals surface area contributed by atoms with E-state index in [4.69, 9.17) is 4.74 Å². The van der Waals surface area contributed by atoms with Crippen molar-refractivity contribution in [2.24, 2.45) is 0 Å². The minimum atomic E-state index is -0.319. The van der Waals surface area contributed by atoms with Crippen LogP contribution in [0.15, 0.2) is 24.3 Å². The van der Waals surface area contributed by atoms with E-state index in [-0.39, 0.29) is 30.8 Å². The van der Waals surface area contributed by atoms with E-state index in [2.05, 4.69) is 11.8 Å². The Kier molecular flexibility index (Phi) is 8.05. The summed E-state index contributed by atoms with van der Waals surface area (Å²) >= 11 is 0. The number of hydrogen-bond donors (Lipinski definition) is 2. The number of benzene rings is 1. The van der Waals surface area contributed by atoms with Crippen molar-refractivity contribution in [1.29, 1.82) is 0 Å². The van der Waals surface area contributed by atoms with Crippen LogP contribution in [0.1, 0.15) is 18.9 Å². The second-order valence-corrected chi connectivity index (χ2v) is 4.96. The summed E-state index contributed by atoms with van der Waals surface area (Å²) in [6.07, 6.45) is 0.746. The molecule has 2 N–H and O–H groups in total. The molecule has 5 heteroatoms. The van der Waals surface area contributed by atoms with Gasteiger partial charge in [0.15, 0.2) is 0 Å². The summed E-state index contributed by atoms with van der Waals surface area (Å²) in [5.41, 5.74) is 1.03. The summed E-state index contributed by atoms with van der Waals surface area (Å²) in [6, 6.07) is 6.85. The van der Waals surface area contributed by atoms with Crippen molar-refractivity contribution in [2.75, 3.05) is 26.8 Å². The van der Waals surface area contributed by atoms with E-state index in [9.17, 15) is 15.0 Å². The average molecular weight is 305 g/mol. The molecule has 0 saturated carbocycles. The number of likely N-dealkylation sites (N-methyl/N-ethyl adjacent to an activating group) is 1. The van der Waals surface area contributed by atoms with Gasteiger partial charge in [-0.15, -0.1) is 0 Å². The number of aromatic hydroxyl groups is 1. The molecule has 22 heavy (non-hydrogen) atoms.